The molecule has 1 rings (SSSR count). The summed E-state index contributed by atoms with van der Waals surface area (Å²) in [6, 6.07) is 0. The summed E-state index contributed by atoms with van der Waals surface area (Å²) in [5.41, 5.74) is -1.24. The number of carbonyl (C=O) groups is 1. The molecule has 0 fully saturated rings. The standard InChI is InChI=1S/C10H11ClN2O4/c1-3-17-9(15)6(2)4-13-5-7(11)8(14)12-10(13)16/h5H,2-4H2,1H3,(H,12,14,16). The minimum Gasteiger partial charge on any atom is -0.463 e. The molecule has 0 unspecified atom stereocenters. The van der Waals surface area contributed by atoms with Gasteiger partial charge in [-0.1, -0.05) is 18.2 Å². The van der Waals surface area contributed by atoms with E-state index in [0.29, 0.717) is 0 Å². The molecule has 0 radical (unpaired) electrons. The molecule has 0 aliphatic carbocycles. The Morgan fingerprint density at radius 2 is 2.24 bits per heavy atom. The number of rotatable bonds is 4. The molecule has 1 aromatic heterocycles. The van der Waals surface area contributed by atoms with Gasteiger partial charge < -0.3 is 4.74 Å². The maximum atomic E-state index is 11.4. The second-order valence-corrected chi connectivity index (χ2v) is 3.60. The van der Waals surface area contributed by atoms with Crippen molar-refractivity contribution in [2.75, 3.05) is 6.61 Å². The zero-order valence-electron chi connectivity index (χ0n) is 9.16. The van der Waals surface area contributed by atoms with Crippen LogP contribution in [0, 0.1) is 0 Å². The summed E-state index contributed by atoms with van der Waals surface area (Å²) in [5, 5.41) is -0.138. The molecule has 0 bridgehead atoms. The molecule has 0 aromatic carbocycles. The lowest BCUT2D eigenvalue weighted by Crippen LogP contribution is -2.31. The molecule has 1 heterocycles. The summed E-state index contributed by atoms with van der Waals surface area (Å²) in [6.07, 6.45) is 1.15. The molecule has 0 saturated heterocycles. The second-order valence-electron chi connectivity index (χ2n) is 3.19. The van der Waals surface area contributed by atoms with Crippen molar-refractivity contribution in [2.45, 2.75) is 13.5 Å². The first-order valence-electron chi connectivity index (χ1n) is 4.80. The largest absolute Gasteiger partial charge is 0.463 e. The highest BCUT2D eigenvalue weighted by atomic mass is 35.5. The van der Waals surface area contributed by atoms with Crippen molar-refractivity contribution in [2.24, 2.45) is 0 Å². The molecule has 92 valence electrons. The van der Waals surface area contributed by atoms with Crippen LogP contribution in [0.5, 0.6) is 0 Å². The van der Waals surface area contributed by atoms with Crippen molar-refractivity contribution in [3.05, 3.63) is 44.2 Å². The van der Waals surface area contributed by atoms with Gasteiger partial charge in [0.1, 0.15) is 5.02 Å². The van der Waals surface area contributed by atoms with E-state index in [1.54, 1.807) is 6.92 Å². The molecule has 7 heteroatoms. The summed E-state index contributed by atoms with van der Waals surface area (Å²) in [7, 11) is 0. The van der Waals surface area contributed by atoms with Crippen LogP contribution in [0.2, 0.25) is 5.02 Å². The molecule has 0 amide bonds. The molecule has 0 aliphatic heterocycles. The molecule has 0 atom stereocenters. The number of aromatic nitrogens is 2. The zero-order valence-corrected chi connectivity index (χ0v) is 9.91. The van der Waals surface area contributed by atoms with E-state index in [-0.39, 0.29) is 23.7 Å². The van der Waals surface area contributed by atoms with Crippen molar-refractivity contribution in [3.63, 3.8) is 0 Å². The Bertz CT molecular complexity index is 558. The van der Waals surface area contributed by atoms with Crippen LogP contribution in [0.3, 0.4) is 0 Å². The molecule has 0 aliphatic rings. The van der Waals surface area contributed by atoms with Crippen LogP contribution in [0.4, 0.5) is 0 Å². The van der Waals surface area contributed by atoms with Crippen LogP contribution in [0.25, 0.3) is 0 Å². The summed E-state index contributed by atoms with van der Waals surface area (Å²) in [6.45, 7) is 5.29. The van der Waals surface area contributed by atoms with Crippen LogP contribution in [-0.4, -0.2) is 22.1 Å². The smallest absolute Gasteiger partial charge is 0.335 e. The molecule has 6 nitrogen and oxygen atoms in total. The quantitative estimate of drug-likeness (QED) is 0.622. The SMILES string of the molecule is C=C(Cn1cc(Cl)c(=O)[nH]c1=O)C(=O)OCC. The van der Waals surface area contributed by atoms with Crippen LogP contribution < -0.4 is 11.2 Å². The van der Waals surface area contributed by atoms with E-state index in [9.17, 15) is 14.4 Å². The van der Waals surface area contributed by atoms with Crippen LogP contribution in [-0.2, 0) is 16.1 Å². The molecule has 0 saturated carbocycles. The number of H-pyrrole nitrogens is 1. The average Bonchev–Trinajstić information content (AvgIpc) is 2.26. The van der Waals surface area contributed by atoms with Crippen molar-refractivity contribution >= 4 is 17.6 Å². The first-order chi connectivity index (χ1) is 7.95. The minimum absolute atomic E-state index is 0.0891. The Morgan fingerprint density at radius 1 is 1.59 bits per heavy atom. The van der Waals surface area contributed by atoms with Gasteiger partial charge in [0.25, 0.3) is 5.56 Å². The fourth-order valence-electron chi connectivity index (χ4n) is 1.10. The monoisotopic (exact) mass is 258 g/mol. The molecule has 1 aromatic rings. The summed E-state index contributed by atoms with van der Waals surface area (Å²) >= 11 is 5.56. The van der Waals surface area contributed by atoms with Crippen LogP contribution in [0.1, 0.15) is 6.92 Å². The Balaban J connectivity index is 2.93. The average molecular weight is 259 g/mol. The Morgan fingerprint density at radius 3 is 2.82 bits per heavy atom. The highest BCUT2D eigenvalue weighted by Gasteiger charge is 2.10. The first kappa shape index (κ1) is 13.2. The normalized spacial score (nSPS) is 10.0. The Hall–Kier alpha value is -1.82. The minimum atomic E-state index is -0.672. The predicted molar refractivity (Wildman–Crippen MR) is 62.1 cm³/mol. The Kier molecular flexibility index (Phi) is 4.28. The summed E-state index contributed by atoms with van der Waals surface area (Å²) in [5.74, 6) is -0.596. The zero-order chi connectivity index (χ0) is 13.0. The lowest BCUT2D eigenvalue weighted by atomic mass is 10.3. The van der Waals surface area contributed by atoms with Gasteiger partial charge in [-0.05, 0) is 6.92 Å². The van der Waals surface area contributed by atoms with Gasteiger partial charge in [-0.3, -0.25) is 14.3 Å². The van der Waals surface area contributed by atoms with Crippen molar-refractivity contribution in [3.8, 4) is 0 Å². The van der Waals surface area contributed by atoms with Gasteiger partial charge in [-0.2, -0.15) is 0 Å². The Labute approximate surface area is 101 Å². The maximum absolute atomic E-state index is 11.4. The second kappa shape index (κ2) is 5.49. The third-order valence-electron chi connectivity index (χ3n) is 1.89. The third kappa shape index (κ3) is 3.32. The fraction of sp³-hybridized carbons (Fsp3) is 0.300. The summed E-state index contributed by atoms with van der Waals surface area (Å²) < 4.78 is 5.78. The number of hydrogen-bond donors (Lipinski definition) is 1. The first-order valence-corrected chi connectivity index (χ1v) is 5.17. The third-order valence-corrected chi connectivity index (χ3v) is 2.16. The lowest BCUT2D eigenvalue weighted by molar-refractivity contribution is -0.138. The number of carbonyl (C=O) groups excluding carboxylic acids is 1. The van der Waals surface area contributed by atoms with Gasteiger partial charge in [0, 0.05) is 11.8 Å². The van der Waals surface area contributed by atoms with E-state index in [4.69, 9.17) is 16.3 Å². The van der Waals surface area contributed by atoms with Gasteiger partial charge >= 0.3 is 11.7 Å². The lowest BCUT2D eigenvalue weighted by Gasteiger charge is -2.07. The van der Waals surface area contributed by atoms with Gasteiger partial charge in [0.15, 0.2) is 0 Å². The van der Waals surface area contributed by atoms with Crippen LogP contribution in [0.15, 0.2) is 27.9 Å². The molecular weight excluding hydrogens is 248 g/mol. The van der Waals surface area contributed by atoms with E-state index in [0.717, 1.165) is 10.8 Å². The highest BCUT2D eigenvalue weighted by molar-refractivity contribution is 6.30. The van der Waals surface area contributed by atoms with E-state index in [1.165, 1.54) is 0 Å². The fourth-order valence-corrected chi connectivity index (χ4v) is 1.27. The number of esters is 1. The van der Waals surface area contributed by atoms with E-state index < -0.39 is 17.2 Å². The van der Waals surface area contributed by atoms with E-state index in [1.807, 2.05) is 4.98 Å². The highest BCUT2D eigenvalue weighted by Crippen LogP contribution is 2.01. The van der Waals surface area contributed by atoms with Gasteiger partial charge in [0.05, 0.1) is 13.2 Å². The number of nitrogens with zero attached hydrogens (tertiary/aromatic N) is 1. The van der Waals surface area contributed by atoms with Crippen molar-refractivity contribution in [1.82, 2.24) is 9.55 Å². The maximum Gasteiger partial charge on any atom is 0.335 e. The summed E-state index contributed by atoms with van der Waals surface area (Å²) in [4.78, 5) is 35.6. The molecule has 1 N–H and O–H groups in total. The van der Waals surface area contributed by atoms with Crippen molar-refractivity contribution in [1.29, 1.82) is 0 Å². The van der Waals surface area contributed by atoms with Gasteiger partial charge in [0.2, 0.25) is 0 Å². The number of hydrogen-bond acceptors (Lipinski definition) is 4. The van der Waals surface area contributed by atoms with Crippen molar-refractivity contribution < 1.29 is 9.53 Å². The molecular formula is C10H11ClN2O4. The number of ether oxygens (including phenoxy) is 1. The predicted octanol–water partition coefficient (Wildman–Crippen LogP) is 0.309. The number of halogens is 1. The topological polar surface area (TPSA) is 81.2 Å². The van der Waals surface area contributed by atoms with Crippen LogP contribution >= 0.6 is 11.6 Å². The van der Waals surface area contributed by atoms with Gasteiger partial charge in [-0.25, -0.2) is 9.59 Å². The van der Waals surface area contributed by atoms with E-state index in [2.05, 4.69) is 6.58 Å². The number of nitrogens with one attached hydrogen (secondary N) is 1. The number of aromatic amines is 1. The molecule has 0 spiro atoms. The van der Waals surface area contributed by atoms with Gasteiger partial charge in [-0.15, -0.1) is 0 Å². The van der Waals surface area contributed by atoms with E-state index >= 15 is 0 Å². The molecule has 17 heavy (non-hydrogen) atoms.